The van der Waals surface area contributed by atoms with Crippen molar-refractivity contribution in [2.45, 2.75) is 12.2 Å². The Hall–Kier alpha value is -2.18. The molecule has 0 bridgehead atoms. The van der Waals surface area contributed by atoms with Crippen LogP contribution >= 0.6 is 23.5 Å². The maximum atomic E-state index is 13.0. The summed E-state index contributed by atoms with van der Waals surface area (Å²) in [5.41, 5.74) is 3.95. The fourth-order valence-corrected chi connectivity index (χ4v) is 6.35. The number of hydrogen-bond acceptors (Lipinski definition) is 4. The smallest absolute Gasteiger partial charge is 0.238 e. The Bertz CT molecular complexity index is 1180. The summed E-state index contributed by atoms with van der Waals surface area (Å²) in [5.74, 6) is 4.06. The second-order valence-electron chi connectivity index (χ2n) is 6.68. The third-order valence-electron chi connectivity index (χ3n) is 5.00. The summed E-state index contributed by atoms with van der Waals surface area (Å²) in [6, 6.07) is 16.4. The van der Waals surface area contributed by atoms with Gasteiger partial charge in [-0.2, -0.15) is 11.8 Å². The molecule has 1 aliphatic rings. The number of rotatable bonds is 2. The third kappa shape index (κ3) is 2.78. The lowest BCUT2D eigenvalue weighted by molar-refractivity contribution is -0.115. The minimum Gasteiger partial charge on any atom is -0.323 e. The van der Waals surface area contributed by atoms with Gasteiger partial charge in [0.05, 0.1) is 27.5 Å². The van der Waals surface area contributed by atoms with Crippen molar-refractivity contribution in [3.8, 4) is 0 Å². The first kappa shape index (κ1) is 17.0. The molecular weight excluding hydrogens is 374 g/mol. The lowest BCUT2D eigenvalue weighted by atomic mass is 10.1. The maximum absolute atomic E-state index is 13.0. The summed E-state index contributed by atoms with van der Waals surface area (Å²) in [6.07, 6.45) is 0. The van der Waals surface area contributed by atoms with Gasteiger partial charge in [-0.05, 0) is 19.1 Å². The molecule has 1 aliphatic heterocycles. The minimum atomic E-state index is 0.00617. The van der Waals surface area contributed by atoms with E-state index < -0.39 is 0 Å². The topological polar surface area (TPSA) is 46.4 Å². The Morgan fingerprint density at radius 1 is 1.11 bits per heavy atom. The summed E-state index contributed by atoms with van der Waals surface area (Å²) < 4.78 is 2.16. The lowest BCUT2D eigenvalue weighted by Crippen LogP contribution is -2.30. The molecule has 1 atom stereocenters. The molecule has 136 valence electrons. The largest absolute Gasteiger partial charge is 0.323 e. The van der Waals surface area contributed by atoms with Gasteiger partial charge in [0.1, 0.15) is 5.82 Å². The van der Waals surface area contributed by atoms with E-state index in [1.165, 1.54) is 0 Å². The van der Waals surface area contributed by atoms with E-state index in [1.807, 2.05) is 49.0 Å². The van der Waals surface area contributed by atoms with Gasteiger partial charge in [-0.1, -0.05) is 36.4 Å². The summed E-state index contributed by atoms with van der Waals surface area (Å²) in [6.45, 7) is 2.02. The van der Waals surface area contributed by atoms with Crippen LogP contribution < -0.4 is 5.32 Å². The van der Waals surface area contributed by atoms with Crippen LogP contribution in [0.2, 0.25) is 0 Å². The third-order valence-corrected chi connectivity index (χ3v) is 7.75. The molecule has 1 unspecified atom stereocenters. The molecule has 1 amide bonds. The van der Waals surface area contributed by atoms with Crippen LogP contribution in [0.5, 0.6) is 0 Å². The molecule has 6 heteroatoms. The first-order valence-corrected chi connectivity index (χ1v) is 11.2. The fourth-order valence-electron chi connectivity index (χ4n) is 3.80. The molecule has 3 heterocycles. The average molecular weight is 394 g/mol. The number of aryl methyl sites for hydroxylation is 1. The molecule has 1 saturated heterocycles. The molecular formula is C21H19N3OS2. The van der Waals surface area contributed by atoms with Crippen molar-refractivity contribution in [2.75, 3.05) is 22.6 Å². The molecule has 0 aliphatic carbocycles. The maximum Gasteiger partial charge on any atom is 0.238 e. The van der Waals surface area contributed by atoms with Gasteiger partial charge in [0.2, 0.25) is 5.91 Å². The highest BCUT2D eigenvalue weighted by molar-refractivity contribution is 8.07. The lowest BCUT2D eigenvalue weighted by Gasteiger charge is -2.20. The van der Waals surface area contributed by atoms with E-state index in [0.29, 0.717) is 0 Å². The highest BCUT2D eigenvalue weighted by atomic mass is 32.2. The normalized spacial score (nSPS) is 17.6. The number of carbonyl (C=O) groups excluding carboxylic acids is 1. The van der Waals surface area contributed by atoms with Crippen molar-refractivity contribution in [3.05, 3.63) is 54.4 Å². The molecule has 1 N–H and O–H groups in total. The first-order chi connectivity index (χ1) is 13.2. The summed E-state index contributed by atoms with van der Waals surface area (Å²) in [4.78, 5) is 17.8. The number of benzene rings is 2. The molecule has 5 rings (SSSR count). The van der Waals surface area contributed by atoms with Gasteiger partial charge in [-0.25, -0.2) is 4.98 Å². The summed E-state index contributed by atoms with van der Waals surface area (Å²) in [5, 5.41) is 5.39. The Morgan fingerprint density at radius 2 is 1.89 bits per heavy atom. The van der Waals surface area contributed by atoms with Crippen LogP contribution in [0.1, 0.15) is 5.82 Å². The zero-order valence-corrected chi connectivity index (χ0v) is 16.6. The monoisotopic (exact) mass is 393 g/mol. The van der Waals surface area contributed by atoms with Crippen LogP contribution in [0.4, 0.5) is 5.69 Å². The number of nitrogens with one attached hydrogen (secondary N) is 1. The Labute approximate surface area is 165 Å². The number of nitrogens with zero attached hydrogens (tertiary/aromatic N) is 2. The van der Waals surface area contributed by atoms with Crippen molar-refractivity contribution < 1.29 is 4.79 Å². The Balaban J connectivity index is 1.77. The zero-order chi connectivity index (χ0) is 18.4. The molecule has 2 aromatic carbocycles. The van der Waals surface area contributed by atoms with E-state index in [1.54, 1.807) is 11.8 Å². The quantitative estimate of drug-likeness (QED) is 0.534. The molecule has 27 heavy (non-hydrogen) atoms. The van der Waals surface area contributed by atoms with E-state index in [4.69, 9.17) is 4.98 Å². The van der Waals surface area contributed by atoms with Crippen molar-refractivity contribution >= 4 is 62.4 Å². The Morgan fingerprint density at radius 3 is 2.70 bits per heavy atom. The standard InChI is InChI=1S/C21H19N3OS2/c1-13-22-16-8-4-2-6-14(16)20-19(15-7-3-5-9-17(15)24(13)20)23-21(25)18-12-26-10-11-27-18/h2-9,18H,10-12H2,1H3,(H,23,25). The second-order valence-corrected chi connectivity index (χ2v) is 9.14. The van der Waals surface area contributed by atoms with Crippen LogP contribution in [-0.2, 0) is 4.79 Å². The predicted molar refractivity (Wildman–Crippen MR) is 117 cm³/mol. The van der Waals surface area contributed by atoms with Crippen LogP contribution in [0, 0.1) is 6.92 Å². The van der Waals surface area contributed by atoms with E-state index in [2.05, 4.69) is 27.9 Å². The van der Waals surface area contributed by atoms with Gasteiger partial charge in [0.15, 0.2) is 0 Å². The van der Waals surface area contributed by atoms with Crippen LogP contribution in [0.25, 0.3) is 27.3 Å². The number of amides is 1. The predicted octanol–water partition coefficient (Wildman–Crippen LogP) is 4.74. The van der Waals surface area contributed by atoms with Gasteiger partial charge < -0.3 is 5.32 Å². The van der Waals surface area contributed by atoms with Crippen LogP contribution in [0.3, 0.4) is 0 Å². The molecule has 0 saturated carbocycles. The number of hydrogen-bond donors (Lipinski definition) is 1. The molecule has 0 spiro atoms. The van der Waals surface area contributed by atoms with Crippen LogP contribution in [-0.4, -0.2) is 37.8 Å². The number of carbonyl (C=O) groups is 1. The van der Waals surface area contributed by atoms with Crippen molar-refractivity contribution in [1.82, 2.24) is 9.38 Å². The van der Waals surface area contributed by atoms with Crippen LogP contribution in [0.15, 0.2) is 48.5 Å². The fraction of sp³-hybridized carbons (Fsp3) is 0.238. The first-order valence-electron chi connectivity index (χ1n) is 9.03. The van der Waals surface area contributed by atoms with Gasteiger partial charge in [0.25, 0.3) is 0 Å². The summed E-state index contributed by atoms with van der Waals surface area (Å²) in [7, 11) is 0. The SMILES string of the molecule is Cc1nc2ccccc2c2c(NC(=O)C3CSCCS3)c3ccccc3n12. The minimum absolute atomic E-state index is 0.00617. The number of aromatic nitrogens is 2. The Kier molecular flexibility index (Phi) is 4.25. The molecule has 0 radical (unpaired) electrons. The molecule has 4 aromatic rings. The van der Waals surface area contributed by atoms with Gasteiger partial charge in [0, 0.05) is 28.0 Å². The number of fused-ring (bicyclic) bond motifs is 5. The van der Waals surface area contributed by atoms with E-state index in [-0.39, 0.29) is 11.2 Å². The van der Waals surface area contributed by atoms with Gasteiger partial charge in [-0.15, -0.1) is 11.8 Å². The zero-order valence-electron chi connectivity index (χ0n) is 14.9. The van der Waals surface area contributed by atoms with Crippen molar-refractivity contribution in [2.24, 2.45) is 0 Å². The number of anilines is 1. The van der Waals surface area contributed by atoms with Crippen molar-refractivity contribution in [1.29, 1.82) is 0 Å². The molecule has 4 nitrogen and oxygen atoms in total. The van der Waals surface area contributed by atoms with E-state index in [9.17, 15) is 4.79 Å². The van der Waals surface area contributed by atoms with E-state index in [0.717, 1.165) is 56.1 Å². The average Bonchev–Trinajstić information content (AvgIpc) is 3.04. The molecule has 1 fully saturated rings. The number of thioether (sulfide) groups is 2. The van der Waals surface area contributed by atoms with Gasteiger partial charge >= 0.3 is 0 Å². The summed E-state index contributed by atoms with van der Waals surface area (Å²) >= 11 is 3.62. The highest BCUT2D eigenvalue weighted by Crippen LogP contribution is 2.37. The second kappa shape index (κ2) is 6.77. The number of para-hydroxylation sites is 2. The highest BCUT2D eigenvalue weighted by Gasteiger charge is 2.25. The molecule has 2 aromatic heterocycles. The van der Waals surface area contributed by atoms with E-state index >= 15 is 0 Å². The van der Waals surface area contributed by atoms with Gasteiger partial charge in [-0.3, -0.25) is 9.20 Å². The van der Waals surface area contributed by atoms with Crippen molar-refractivity contribution in [3.63, 3.8) is 0 Å².